The van der Waals surface area contributed by atoms with Crippen LogP contribution in [0.1, 0.15) is 28.9 Å². The van der Waals surface area contributed by atoms with Gasteiger partial charge < -0.3 is 5.32 Å². The highest BCUT2D eigenvalue weighted by Gasteiger charge is 2.09. The number of ketones is 1. The van der Waals surface area contributed by atoms with Gasteiger partial charge in [-0.3, -0.25) is 9.59 Å². The minimum atomic E-state index is -0.0352. The minimum Gasteiger partial charge on any atom is -0.359 e. The number of Topliss-reactive ketones (excluding diaryl/α,β-unsaturated/α-hetero) is 1. The molecule has 15 heavy (non-hydrogen) atoms. The van der Waals surface area contributed by atoms with Crippen LogP contribution in [0, 0.1) is 0 Å². The first-order chi connectivity index (χ1) is 7.13. The number of rotatable bonds is 5. The molecular weight excluding hydrogens is 234 g/mol. The summed E-state index contributed by atoms with van der Waals surface area (Å²) in [5, 5.41) is 2.51. The third kappa shape index (κ3) is 4.01. The van der Waals surface area contributed by atoms with Gasteiger partial charge in [-0.1, -0.05) is 11.6 Å². The fraction of sp³-hybridized carbons (Fsp3) is 0.400. The summed E-state index contributed by atoms with van der Waals surface area (Å²) in [5.74, 6) is 0.0165. The first-order valence-electron chi connectivity index (χ1n) is 4.62. The van der Waals surface area contributed by atoms with Gasteiger partial charge in [0.2, 0.25) is 5.91 Å². The van der Waals surface area contributed by atoms with Crippen LogP contribution < -0.4 is 5.32 Å². The van der Waals surface area contributed by atoms with E-state index < -0.39 is 0 Å². The van der Waals surface area contributed by atoms with Gasteiger partial charge in [0, 0.05) is 19.9 Å². The summed E-state index contributed by atoms with van der Waals surface area (Å²) in [7, 11) is 1.59. The zero-order chi connectivity index (χ0) is 11.3. The molecule has 0 saturated heterocycles. The molecule has 5 heteroatoms. The largest absolute Gasteiger partial charge is 0.359 e. The summed E-state index contributed by atoms with van der Waals surface area (Å²) in [6.07, 6.45) is 1.36. The van der Waals surface area contributed by atoms with Crippen LogP contribution in [0.15, 0.2) is 12.1 Å². The van der Waals surface area contributed by atoms with Gasteiger partial charge in [0.1, 0.15) is 0 Å². The number of amides is 1. The third-order valence-electron chi connectivity index (χ3n) is 1.93. The van der Waals surface area contributed by atoms with Crippen molar-refractivity contribution in [3.63, 3.8) is 0 Å². The average Bonchev–Trinajstić information content (AvgIpc) is 2.64. The lowest BCUT2D eigenvalue weighted by molar-refractivity contribution is -0.120. The second-order valence-electron chi connectivity index (χ2n) is 3.05. The molecule has 0 atom stereocenters. The van der Waals surface area contributed by atoms with Crippen LogP contribution in [-0.2, 0) is 4.79 Å². The Morgan fingerprint density at radius 3 is 2.67 bits per heavy atom. The highest BCUT2D eigenvalue weighted by molar-refractivity contribution is 7.18. The topological polar surface area (TPSA) is 46.2 Å². The van der Waals surface area contributed by atoms with Crippen LogP contribution in [0.2, 0.25) is 4.34 Å². The molecule has 0 saturated carbocycles. The van der Waals surface area contributed by atoms with E-state index in [9.17, 15) is 9.59 Å². The Hall–Kier alpha value is -0.870. The molecule has 0 unspecified atom stereocenters. The standard InChI is InChI=1S/C10H12ClNO2S/c1-12-10(14)4-2-3-7(13)8-5-6-9(11)15-8/h5-6H,2-4H2,1H3,(H,12,14). The zero-order valence-corrected chi connectivity index (χ0v) is 9.95. The van der Waals surface area contributed by atoms with Crippen molar-refractivity contribution in [3.05, 3.63) is 21.3 Å². The van der Waals surface area contributed by atoms with Crippen LogP contribution in [0.3, 0.4) is 0 Å². The van der Waals surface area contributed by atoms with Gasteiger partial charge in [-0.15, -0.1) is 11.3 Å². The first kappa shape index (κ1) is 12.2. The predicted octanol–water partition coefficient (Wildman–Crippen LogP) is 2.50. The van der Waals surface area contributed by atoms with Gasteiger partial charge in [-0.2, -0.15) is 0 Å². The summed E-state index contributed by atoms with van der Waals surface area (Å²) in [5.41, 5.74) is 0. The van der Waals surface area contributed by atoms with E-state index in [1.807, 2.05) is 0 Å². The summed E-state index contributed by atoms with van der Waals surface area (Å²) >= 11 is 6.99. The van der Waals surface area contributed by atoms with Crippen LogP contribution in [0.25, 0.3) is 0 Å². The number of halogens is 1. The number of carbonyl (C=O) groups is 2. The summed E-state index contributed by atoms with van der Waals surface area (Å²) in [6.45, 7) is 0. The molecular formula is C10H12ClNO2S. The molecule has 3 nitrogen and oxygen atoms in total. The fourth-order valence-corrected chi connectivity index (χ4v) is 2.13. The molecule has 0 radical (unpaired) electrons. The molecule has 0 aliphatic carbocycles. The van der Waals surface area contributed by atoms with Crippen molar-refractivity contribution in [1.29, 1.82) is 0 Å². The van der Waals surface area contributed by atoms with Crippen molar-refractivity contribution >= 4 is 34.6 Å². The van der Waals surface area contributed by atoms with E-state index in [0.717, 1.165) is 0 Å². The molecule has 0 fully saturated rings. The van der Waals surface area contributed by atoms with E-state index in [4.69, 9.17) is 11.6 Å². The SMILES string of the molecule is CNC(=O)CCCC(=O)c1ccc(Cl)s1. The summed E-state index contributed by atoms with van der Waals surface area (Å²) in [4.78, 5) is 23.1. The van der Waals surface area contributed by atoms with E-state index in [1.54, 1.807) is 19.2 Å². The summed E-state index contributed by atoms with van der Waals surface area (Å²) in [6, 6.07) is 3.42. The number of hydrogen-bond acceptors (Lipinski definition) is 3. The van der Waals surface area contributed by atoms with Crippen molar-refractivity contribution in [2.75, 3.05) is 7.05 Å². The van der Waals surface area contributed by atoms with Gasteiger partial charge in [0.25, 0.3) is 0 Å². The molecule has 0 aromatic carbocycles. The van der Waals surface area contributed by atoms with Crippen molar-refractivity contribution in [2.45, 2.75) is 19.3 Å². The minimum absolute atomic E-state index is 0.0352. The third-order valence-corrected chi connectivity index (χ3v) is 3.21. The molecule has 1 rings (SSSR count). The molecule has 1 amide bonds. The van der Waals surface area contributed by atoms with Crippen LogP contribution in [0.4, 0.5) is 0 Å². The highest BCUT2D eigenvalue weighted by Crippen LogP contribution is 2.22. The molecule has 1 N–H and O–H groups in total. The normalized spacial score (nSPS) is 10.0. The Morgan fingerprint density at radius 2 is 2.13 bits per heavy atom. The van der Waals surface area contributed by atoms with E-state index in [2.05, 4.69) is 5.32 Å². The van der Waals surface area contributed by atoms with E-state index in [1.165, 1.54) is 11.3 Å². The van der Waals surface area contributed by atoms with Crippen molar-refractivity contribution < 1.29 is 9.59 Å². The second-order valence-corrected chi connectivity index (χ2v) is 4.77. The maximum atomic E-state index is 11.5. The van der Waals surface area contributed by atoms with Crippen molar-refractivity contribution in [3.8, 4) is 0 Å². The van der Waals surface area contributed by atoms with Gasteiger partial charge in [-0.25, -0.2) is 0 Å². The summed E-state index contributed by atoms with van der Waals surface area (Å²) < 4.78 is 0.615. The number of carbonyl (C=O) groups excluding carboxylic acids is 2. The Balaban J connectivity index is 2.34. The molecule has 1 heterocycles. The van der Waals surface area contributed by atoms with Gasteiger partial charge in [0.05, 0.1) is 9.21 Å². The number of hydrogen-bond donors (Lipinski definition) is 1. The molecule has 0 aliphatic heterocycles. The molecule has 0 bridgehead atoms. The van der Waals surface area contributed by atoms with E-state index >= 15 is 0 Å². The Labute approximate surface area is 97.4 Å². The van der Waals surface area contributed by atoms with Crippen LogP contribution in [-0.4, -0.2) is 18.7 Å². The maximum Gasteiger partial charge on any atom is 0.219 e. The lowest BCUT2D eigenvalue weighted by Crippen LogP contribution is -2.17. The number of nitrogens with one attached hydrogen (secondary N) is 1. The fourth-order valence-electron chi connectivity index (χ4n) is 1.12. The highest BCUT2D eigenvalue weighted by atomic mass is 35.5. The van der Waals surface area contributed by atoms with Crippen LogP contribution in [0.5, 0.6) is 0 Å². The molecule has 0 spiro atoms. The molecule has 1 aromatic heterocycles. The monoisotopic (exact) mass is 245 g/mol. The van der Waals surface area contributed by atoms with Gasteiger partial charge >= 0.3 is 0 Å². The maximum absolute atomic E-state index is 11.5. The lowest BCUT2D eigenvalue weighted by atomic mass is 10.1. The van der Waals surface area contributed by atoms with Gasteiger partial charge in [0.15, 0.2) is 5.78 Å². The predicted molar refractivity (Wildman–Crippen MR) is 61.6 cm³/mol. The quantitative estimate of drug-likeness (QED) is 0.811. The smallest absolute Gasteiger partial charge is 0.219 e. The Kier molecular flexibility index (Phi) is 4.78. The lowest BCUT2D eigenvalue weighted by Gasteiger charge is -1.98. The molecule has 82 valence electrons. The first-order valence-corrected chi connectivity index (χ1v) is 5.82. The van der Waals surface area contributed by atoms with Crippen LogP contribution >= 0.6 is 22.9 Å². The number of thiophene rings is 1. The molecule has 0 aliphatic rings. The van der Waals surface area contributed by atoms with E-state index in [0.29, 0.717) is 28.5 Å². The van der Waals surface area contributed by atoms with Crippen molar-refractivity contribution in [1.82, 2.24) is 5.32 Å². The van der Waals surface area contributed by atoms with Crippen molar-refractivity contribution in [2.24, 2.45) is 0 Å². The average molecular weight is 246 g/mol. The molecule has 1 aromatic rings. The van der Waals surface area contributed by atoms with Gasteiger partial charge in [-0.05, 0) is 18.6 Å². The van der Waals surface area contributed by atoms with E-state index in [-0.39, 0.29) is 11.7 Å². The Bertz CT molecular complexity index is 362. The Morgan fingerprint density at radius 1 is 1.40 bits per heavy atom. The second kappa shape index (κ2) is 5.88. The zero-order valence-electron chi connectivity index (χ0n) is 8.38.